The van der Waals surface area contributed by atoms with Gasteiger partial charge >= 0.3 is 0 Å². The summed E-state index contributed by atoms with van der Waals surface area (Å²) in [6.45, 7) is 1.81. The summed E-state index contributed by atoms with van der Waals surface area (Å²) in [5.41, 5.74) is 6.09. The Balaban J connectivity index is 2.19. The normalized spacial score (nSPS) is 10.2. The minimum absolute atomic E-state index is 0.0590. The number of carbonyl (C=O) groups is 1. The molecule has 0 saturated heterocycles. The van der Waals surface area contributed by atoms with E-state index in [0.29, 0.717) is 5.82 Å². The third-order valence-corrected chi connectivity index (χ3v) is 2.83. The summed E-state index contributed by atoms with van der Waals surface area (Å²) in [4.78, 5) is 15.8. The number of amides is 1. The van der Waals surface area contributed by atoms with Crippen LogP contribution in [0.4, 0.5) is 11.6 Å². The predicted molar refractivity (Wildman–Crippen MR) is 63.3 cm³/mol. The zero-order chi connectivity index (χ0) is 12.4. The molecule has 7 nitrogen and oxygen atoms in total. The van der Waals surface area contributed by atoms with Crippen molar-refractivity contribution in [1.82, 2.24) is 15.3 Å². The molecule has 0 aliphatic carbocycles. The van der Waals surface area contributed by atoms with Gasteiger partial charge in [-0.2, -0.15) is 0 Å². The fourth-order valence-corrected chi connectivity index (χ4v) is 1.36. The van der Waals surface area contributed by atoms with Gasteiger partial charge < -0.3 is 11.1 Å². The molecule has 0 saturated carbocycles. The molecule has 0 atom stereocenters. The van der Waals surface area contributed by atoms with Gasteiger partial charge in [0.2, 0.25) is 11.5 Å². The van der Waals surface area contributed by atoms with Crippen molar-refractivity contribution >= 4 is 33.5 Å². The summed E-state index contributed by atoms with van der Waals surface area (Å²) in [6.07, 6.45) is 0. The van der Waals surface area contributed by atoms with Crippen molar-refractivity contribution in [3.05, 3.63) is 28.0 Å². The molecule has 88 valence electrons. The Labute approximate surface area is 104 Å². The Bertz CT molecular complexity index is 568. The Morgan fingerprint density at radius 1 is 1.47 bits per heavy atom. The second-order valence-electron chi connectivity index (χ2n) is 3.22. The Morgan fingerprint density at radius 2 is 2.24 bits per heavy atom. The Kier molecular flexibility index (Phi) is 3.05. The van der Waals surface area contributed by atoms with E-state index >= 15 is 0 Å². The molecular weight excluding hydrogens is 290 g/mol. The van der Waals surface area contributed by atoms with Crippen molar-refractivity contribution in [2.75, 3.05) is 11.1 Å². The summed E-state index contributed by atoms with van der Waals surface area (Å²) in [5, 5.41) is 9.25. The lowest BCUT2D eigenvalue weighted by Gasteiger charge is -2.04. The van der Waals surface area contributed by atoms with Crippen LogP contribution in [-0.2, 0) is 0 Å². The van der Waals surface area contributed by atoms with Crippen molar-refractivity contribution in [3.63, 3.8) is 0 Å². The number of anilines is 2. The molecule has 0 spiro atoms. The Morgan fingerprint density at radius 3 is 2.82 bits per heavy atom. The van der Waals surface area contributed by atoms with Crippen LogP contribution < -0.4 is 11.1 Å². The zero-order valence-electron chi connectivity index (χ0n) is 8.77. The van der Waals surface area contributed by atoms with Gasteiger partial charge in [0.05, 0.1) is 5.69 Å². The number of aryl methyl sites for hydroxylation is 1. The number of halogens is 1. The number of nitrogens with two attached hydrogens (primary N) is 1. The van der Waals surface area contributed by atoms with Gasteiger partial charge in [-0.05, 0) is 45.3 Å². The molecule has 0 aliphatic rings. The monoisotopic (exact) mass is 297 g/mol. The zero-order valence-corrected chi connectivity index (χ0v) is 10.4. The molecule has 0 bridgehead atoms. The van der Waals surface area contributed by atoms with E-state index in [1.54, 1.807) is 12.1 Å². The summed E-state index contributed by atoms with van der Waals surface area (Å²) < 4.78 is 5.19. The maximum Gasteiger partial charge on any atom is 0.282 e. The van der Waals surface area contributed by atoms with Gasteiger partial charge in [0.25, 0.3) is 5.91 Å². The number of nitrogens with one attached hydrogen (secondary N) is 1. The van der Waals surface area contributed by atoms with Crippen LogP contribution in [0.2, 0.25) is 0 Å². The van der Waals surface area contributed by atoms with Crippen molar-refractivity contribution in [2.24, 2.45) is 0 Å². The predicted octanol–water partition coefficient (Wildman–Crippen LogP) is 1.37. The van der Waals surface area contributed by atoms with Crippen LogP contribution in [0.1, 0.15) is 16.2 Å². The van der Waals surface area contributed by atoms with E-state index < -0.39 is 5.91 Å². The molecule has 8 heteroatoms. The van der Waals surface area contributed by atoms with Gasteiger partial charge in [-0.15, -0.1) is 0 Å². The lowest BCUT2D eigenvalue weighted by atomic mass is 10.3. The summed E-state index contributed by atoms with van der Waals surface area (Å²) in [6, 6.07) is 3.43. The molecule has 0 radical (unpaired) electrons. The molecule has 0 unspecified atom stereocenters. The van der Waals surface area contributed by atoms with E-state index in [4.69, 9.17) is 5.73 Å². The minimum atomic E-state index is -0.516. The largest absolute Gasteiger partial charge is 0.379 e. The average Bonchev–Trinajstić information content (AvgIpc) is 2.70. The van der Waals surface area contributed by atoms with E-state index in [2.05, 4.69) is 41.2 Å². The van der Waals surface area contributed by atoms with Crippen LogP contribution >= 0.6 is 15.9 Å². The molecular formula is C9H8BrN5O2. The average molecular weight is 298 g/mol. The maximum absolute atomic E-state index is 11.7. The first-order valence-corrected chi connectivity index (χ1v) is 5.40. The standard InChI is InChI=1S/C9H8BrN5O2/c1-4-5(10)2-3-6(12-4)13-9(16)7-8(11)15-17-14-7/h2-3H,1H3,(H2,11,15)(H,12,13,16). The number of pyridine rings is 1. The van der Waals surface area contributed by atoms with E-state index in [1.165, 1.54) is 0 Å². The highest BCUT2D eigenvalue weighted by molar-refractivity contribution is 9.10. The summed E-state index contributed by atoms with van der Waals surface area (Å²) in [5.74, 6) is -0.174. The van der Waals surface area contributed by atoms with Gasteiger partial charge in [-0.1, -0.05) is 0 Å². The fraction of sp³-hybridized carbons (Fsp3) is 0.111. The van der Waals surface area contributed by atoms with Crippen molar-refractivity contribution in [3.8, 4) is 0 Å². The number of aromatic nitrogens is 3. The van der Waals surface area contributed by atoms with Gasteiger partial charge in [0.1, 0.15) is 5.82 Å². The minimum Gasteiger partial charge on any atom is -0.379 e. The van der Waals surface area contributed by atoms with Crippen LogP contribution in [0.25, 0.3) is 0 Å². The summed E-state index contributed by atoms with van der Waals surface area (Å²) in [7, 11) is 0. The van der Waals surface area contributed by atoms with Crippen molar-refractivity contribution in [2.45, 2.75) is 6.92 Å². The molecule has 3 N–H and O–H groups in total. The topological polar surface area (TPSA) is 107 Å². The van der Waals surface area contributed by atoms with Crippen LogP contribution in [0.3, 0.4) is 0 Å². The smallest absolute Gasteiger partial charge is 0.282 e. The fourth-order valence-electron chi connectivity index (χ4n) is 1.14. The van der Waals surface area contributed by atoms with Gasteiger partial charge in [-0.25, -0.2) is 9.61 Å². The molecule has 2 heterocycles. The first-order valence-electron chi connectivity index (χ1n) is 4.60. The Hall–Kier alpha value is -1.96. The highest BCUT2D eigenvalue weighted by Gasteiger charge is 2.16. The second kappa shape index (κ2) is 4.50. The highest BCUT2D eigenvalue weighted by atomic mass is 79.9. The number of carbonyl (C=O) groups excluding carboxylic acids is 1. The molecule has 2 aromatic rings. The van der Waals surface area contributed by atoms with Crippen LogP contribution in [0.15, 0.2) is 21.2 Å². The number of rotatable bonds is 2. The quantitative estimate of drug-likeness (QED) is 0.867. The maximum atomic E-state index is 11.7. The van der Waals surface area contributed by atoms with Crippen LogP contribution in [-0.4, -0.2) is 21.2 Å². The molecule has 0 aromatic carbocycles. The molecule has 2 aromatic heterocycles. The molecule has 1 amide bonds. The van der Waals surface area contributed by atoms with Crippen molar-refractivity contribution < 1.29 is 9.42 Å². The van der Waals surface area contributed by atoms with Crippen LogP contribution in [0.5, 0.6) is 0 Å². The molecule has 17 heavy (non-hydrogen) atoms. The molecule has 0 fully saturated rings. The third-order valence-electron chi connectivity index (χ3n) is 1.99. The van der Waals surface area contributed by atoms with E-state index in [9.17, 15) is 4.79 Å². The first-order chi connectivity index (χ1) is 8.08. The number of hydrogen-bond acceptors (Lipinski definition) is 6. The highest BCUT2D eigenvalue weighted by Crippen LogP contribution is 2.17. The van der Waals surface area contributed by atoms with Crippen LogP contribution in [0, 0.1) is 6.92 Å². The number of hydrogen-bond donors (Lipinski definition) is 2. The van der Waals surface area contributed by atoms with E-state index in [0.717, 1.165) is 10.2 Å². The van der Waals surface area contributed by atoms with Crippen molar-refractivity contribution in [1.29, 1.82) is 0 Å². The lowest BCUT2D eigenvalue weighted by molar-refractivity contribution is 0.101. The first kappa shape index (κ1) is 11.5. The molecule has 2 rings (SSSR count). The van der Waals surface area contributed by atoms with E-state index in [1.807, 2.05) is 6.92 Å². The van der Waals surface area contributed by atoms with Gasteiger partial charge in [-0.3, -0.25) is 4.79 Å². The van der Waals surface area contributed by atoms with Gasteiger partial charge in [0, 0.05) is 4.47 Å². The summed E-state index contributed by atoms with van der Waals surface area (Å²) >= 11 is 3.31. The van der Waals surface area contributed by atoms with E-state index in [-0.39, 0.29) is 11.5 Å². The number of nitrogens with zero attached hydrogens (tertiary/aromatic N) is 3. The molecule has 0 aliphatic heterocycles. The second-order valence-corrected chi connectivity index (χ2v) is 4.07. The van der Waals surface area contributed by atoms with Gasteiger partial charge in [0.15, 0.2) is 0 Å². The number of nitrogen functional groups attached to an aromatic ring is 1. The SMILES string of the molecule is Cc1nc(NC(=O)c2nonc2N)ccc1Br. The third kappa shape index (κ3) is 2.41. The lowest BCUT2D eigenvalue weighted by Crippen LogP contribution is -2.15.